The molecular weight excluding hydrogens is 319 g/mol. The second-order valence-corrected chi connectivity index (χ2v) is 2.88. The van der Waals surface area contributed by atoms with Crippen LogP contribution in [0.5, 0.6) is 0 Å². The Balaban J connectivity index is -0.000000180. The molecule has 0 unspecified atom stereocenters. The third-order valence-corrected chi connectivity index (χ3v) is 0.602. The number of rotatable bonds is 1. The van der Waals surface area contributed by atoms with Crippen LogP contribution in [0.25, 0.3) is 0 Å². The number of hydrogen-bond donors (Lipinski definition) is 0. The van der Waals surface area contributed by atoms with Gasteiger partial charge in [-0.3, -0.25) is 4.79 Å². The Hall–Kier alpha value is 0.648. The predicted molar refractivity (Wildman–Crippen MR) is 29.8 cm³/mol. The fraction of sp³-hybridized carbons (Fsp3) is 0.833. The van der Waals surface area contributed by atoms with Crippen molar-refractivity contribution in [1.29, 1.82) is 0 Å². The molecule has 1 radical (unpaired) electrons. The molecule has 9 heavy (non-hydrogen) atoms. The van der Waals surface area contributed by atoms with Crippen molar-refractivity contribution in [3.05, 3.63) is 0 Å². The summed E-state index contributed by atoms with van der Waals surface area (Å²) in [4.78, 5) is 9.70. The van der Waals surface area contributed by atoms with Crippen molar-refractivity contribution in [2.75, 3.05) is 0 Å². The zero-order valence-corrected chi connectivity index (χ0v) is 8.84. The normalized spacial score (nSPS) is 8.78. The molecule has 0 heterocycles. The Morgan fingerprint density at radius 3 is 1.67 bits per heavy atom. The van der Waals surface area contributed by atoms with E-state index in [-0.39, 0.29) is 38.9 Å². The fourth-order valence-corrected chi connectivity index (χ4v) is 0.217. The first-order valence-electron chi connectivity index (χ1n) is 2.41. The Bertz CT molecular complexity index is 67.9. The van der Waals surface area contributed by atoms with E-state index in [0.717, 1.165) is 0 Å². The molecule has 3 heteroatoms. The minimum Gasteiger partial charge on any atom is -1.00 e. The topological polar surface area (TPSA) is 17.1 Å². The van der Waals surface area contributed by atoms with E-state index in [1.165, 1.54) is 0 Å². The average molecular weight is 330 g/mol. The van der Waals surface area contributed by atoms with Crippen LogP contribution in [0, 0.1) is 5.41 Å². The molecule has 0 aromatic rings. The van der Waals surface area contributed by atoms with Crippen LogP contribution in [-0.4, -0.2) is 6.29 Å². The van der Waals surface area contributed by atoms with Gasteiger partial charge in [0.15, 0.2) is 6.29 Å². The molecule has 0 spiro atoms. The van der Waals surface area contributed by atoms with E-state index in [4.69, 9.17) is 0 Å². The van der Waals surface area contributed by atoms with Gasteiger partial charge in [-0.2, -0.15) is 0 Å². The zero-order chi connectivity index (χ0) is 5.91. The summed E-state index contributed by atoms with van der Waals surface area (Å²) in [6, 6.07) is 0. The molecule has 0 atom stereocenters. The summed E-state index contributed by atoms with van der Waals surface area (Å²) in [5, 5.41) is 0. The summed E-state index contributed by atoms with van der Waals surface area (Å²) in [5.41, 5.74) is 0.127. The van der Waals surface area contributed by atoms with E-state index >= 15 is 0 Å². The van der Waals surface area contributed by atoms with Gasteiger partial charge in [0.1, 0.15) is 0 Å². The Kier molecular flexibility index (Phi) is 12.3. The molecule has 0 saturated heterocycles. The van der Waals surface area contributed by atoms with Crippen molar-refractivity contribution in [2.45, 2.75) is 27.2 Å². The van der Waals surface area contributed by atoms with Gasteiger partial charge >= 0.3 is 0 Å². The number of carbonyl (C=O) groups excluding carboxylic acids is 1. The third kappa shape index (κ3) is 17.7. The summed E-state index contributed by atoms with van der Waals surface area (Å²) in [7, 11) is 0. The molecule has 0 aliphatic rings. The van der Waals surface area contributed by atoms with Crippen LogP contribution in [0.2, 0.25) is 0 Å². The van der Waals surface area contributed by atoms with E-state index in [1.807, 2.05) is 27.1 Å². The van der Waals surface area contributed by atoms with E-state index in [2.05, 4.69) is 0 Å². The van der Waals surface area contributed by atoms with Crippen LogP contribution in [-0.2, 0) is 25.9 Å². The van der Waals surface area contributed by atoms with Gasteiger partial charge in [0.2, 0.25) is 0 Å². The van der Waals surface area contributed by atoms with Crippen molar-refractivity contribution in [1.82, 2.24) is 0 Å². The molecule has 0 amide bonds. The van der Waals surface area contributed by atoms with Crippen molar-refractivity contribution in [3.63, 3.8) is 0 Å². The molecule has 0 aliphatic carbocycles. The van der Waals surface area contributed by atoms with Crippen molar-refractivity contribution in [3.8, 4) is 0 Å². The van der Waals surface area contributed by atoms with Crippen LogP contribution in [0.3, 0.4) is 0 Å². The van der Waals surface area contributed by atoms with Crippen LogP contribution < -0.4 is 12.4 Å². The average Bonchev–Trinajstić information content (AvgIpc) is 1.30. The summed E-state index contributed by atoms with van der Waals surface area (Å²) < 4.78 is 0. The predicted octanol–water partition coefficient (Wildman–Crippen LogP) is -1.47. The first-order chi connectivity index (χ1) is 3.06. The maximum Gasteiger partial charge on any atom is 0.198 e. The second kappa shape index (κ2) is 6.76. The van der Waals surface area contributed by atoms with Gasteiger partial charge in [-0.15, -0.1) is 0 Å². The summed E-state index contributed by atoms with van der Waals surface area (Å²) in [5.74, 6) is 0. The number of hydrogen-bond acceptors (Lipinski definition) is 1. The third-order valence-electron chi connectivity index (χ3n) is 0.602. The first-order valence-corrected chi connectivity index (χ1v) is 2.41. The Labute approximate surface area is 77.3 Å². The monoisotopic (exact) mass is 329 g/mol. The molecule has 0 aliphatic heterocycles. The van der Waals surface area contributed by atoms with E-state index < -0.39 is 0 Å². The van der Waals surface area contributed by atoms with Crippen molar-refractivity contribution < 1.29 is 38.3 Å². The fourth-order valence-electron chi connectivity index (χ4n) is 0.217. The number of halogens is 1. The quantitative estimate of drug-likeness (QED) is 0.574. The van der Waals surface area contributed by atoms with Crippen LogP contribution >= 0.6 is 0 Å². The second-order valence-electron chi connectivity index (χ2n) is 2.88. The summed E-state index contributed by atoms with van der Waals surface area (Å²) in [6.45, 7) is 6.04. The molecule has 59 valence electrons. The summed E-state index contributed by atoms with van der Waals surface area (Å²) >= 11 is 0. The summed E-state index contributed by atoms with van der Waals surface area (Å²) in [6.07, 6.45) is 2.39. The van der Waals surface area contributed by atoms with Gasteiger partial charge in [-0.05, 0) is 5.41 Å². The molecule has 0 rings (SSSR count). The largest absolute Gasteiger partial charge is 1.00 e. The van der Waals surface area contributed by atoms with Crippen molar-refractivity contribution in [2.24, 2.45) is 5.41 Å². The minimum absolute atomic E-state index is 0. The van der Waals surface area contributed by atoms with Gasteiger partial charge in [0.05, 0.1) is 0 Å². The minimum atomic E-state index is 0. The maximum atomic E-state index is 9.70. The first kappa shape index (κ1) is 16.3. The standard InChI is InChI=1S/C6H11O.ClH.Pt/c1-6(2,3)4-5-7;;/h4H2,1-3H3;1H;/p-1. The SMILES string of the molecule is CC(C)(C)C[C]=O.[Cl-].[Pt]. The van der Waals surface area contributed by atoms with Crippen molar-refractivity contribution >= 4 is 6.29 Å². The van der Waals surface area contributed by atoms with E-state index in [1.54, 1.807) is 0 Å². The molecule has 0 saturated carbocycles. The van der Waals surface area contributed by atoms with Gasteiger partial charge in [-0.25, -0.2) is 0 Å². The molecule has 0 aromatic carbocycles. The molecule has 0 bridgehead atoms. The maximum absolute atomic E-state index is 9.70. The van der Waals surface area contributed by atoms with Gasteiger partial charge in [-0.1, -0.05) is 20.8 Å². The van der Waals surface area contributed by atoms with Gasteiger partial charge in [0.25, 0.3) is 0 Å². The van der Waals surface area contributed by atoms with Gasteiger partial charge < -0.3 is 12.4 Å². The molecule has 0 fully saturated rings. The zero-order valence-electron chi connectivity index (χ0n) is 5.81. The Morgan fingerprint density at radius 2 is 1.67 bits per heavy atom. The Morgan fingerprint density at radius 1 is 1.33 bits per heavy atom. The van der Waals surface area contributed by atoms with E-state index in [9.17, 15) is 4.79 Å². The van der Waals surface area contributed by atoms with Crippen LogP contribution in [0.1, 0.15) is 27.2 Å². The van der Waals surface area contributed by atoms with E-state index in [0.29, 0.717) is 6.42 Å². The molecule has 1 nitrogen and oxygen atoms in total. The molecule has 0 aromatic heterocycles. The van der Waals surface area contributed by atoms with Crippen LogP contribution in [0.15, 0.2) is 0 Å². The van der Waals surface area contributed by atoms with Crippen LogP contribution in [0.4, 0.5) is 0 Å². The van der Waals surface area contributed by atoms with Gasteiger partial charge in [0, 0.05) is 27.5 Å². The molecular formula is C6H11ClOPt-. The molecule has 0 N–H and O–H groups in total. The smallest absolute Gasteiger partial charge is 0.198 e.